The molecule has 0 fully saturated rings. The van der Waals surface area contributed by atoms with Crippen LogP contribution in [0.2, 0.25) is 0 Å². The highest BCUT2D eigenvalue weighted by atomic mass is 32.1. The molecule has 0 aliphatic heterocycles. The Hall–Kier alpha value is -1.27. The normalized spacial score (nSPS) is 11.2. The fourth-order valence-corrected chi connectivity index (χ4v) is 2.91. The first-order valence-corrected chi connectivity index (χ1v) is 7.47. The zero-order valence-corrected chi connectivity index (χ0v) is 12.5. The summed E-state index contributed by atoms with van der Waals surface area (Å²) in [4.78, 5) is 7.80. The first kappa shape index (κ1) is 15.1. The van der Waals surface area contributed by atoms with E-state index in [1.54, 1.807) is 18.4 Å². The van der Waals surface area contributed by atoms with Crippen LogP contribution in [0.15, 0.2) is 36.5 Å². The van der Waals surface area contributed by atoms with E-state index in [1.807, 2.05) is 24.4 Å². The Morgan fingerprint density at radius 1 is 1.25 bits per heavy atom. The van der Waals surface area contributed by atoms with E-state index in [4.69, 9.17) is 9.84 Å². The predicted octanol–water partition coefficient (Wildman–Crippen LogP) is 2.25. The Balaban J connectivity index is 2.00. The van der Waals surface area contributed by atoms with Gasteiger partial charge in [0.15, 0.2) is 0 Å². The Bertz CT molecular complexity index is 502. The van der Waals surface area contributed by atoms with Gasteiger partial charge in [-0.15, -0.1) is 11.3 Å². The molecule has 5 heteroatoms. The quantitative estimate of drug-likeness (QED) is 0.810. The number of aromatic nitrogens is 1. The molecule has 108 valence electrons. The Labute approximate surface area is 123 Å². The van der Waals surface area contributed by atoms with Gasteiger partial charge in [-0.25, -0.2) is 4.98 Å². The number of aliphatic hydroxyl groups is 1. The molecule has 0 atom stereocenters. The summed E-state index contributed by atoms with van der Waals surface area (Å²) in [6.07, 6.45) is 1.92. The third-order valence-corrected chi connectivity index (χ3v) is 4.03. The van der Waals surface area contributed by atoms with Gasteiger partial charge < -0.3 is 9.84 Å². The maximum Gasteiger partial charge on any atom is 0.107 e. The van der Waals surface area contributed by atoms with Crippen molar-refractivity contribution in [2.45, 2.75) is 6.54 Å². The molecule has 0 aliphatic carbocycles. The van der Waals surface area contributed by atoms with Crippen molar-refractivity contribution in [3.63, 3.8) is 0 Å². The average molecular weight is 292 g/mol. The highest BCUT2D eigenvalue weighted by Gasteiger charge is 2.09. The van der Waals surface area contributed by atoms with Crippen LogP contribution in [-0.2, 0) is 11.3 Å². The van der Waals surface area contributed by atoms with Crippen LogP contribution in [0.3, 0.4) is 0 Å². The minimum absolute atomic E-state index is 0.153. The lowest BCUT2D eigenvalue weighted by molar-refractivity contribution is 0.127. The average Bonchev–Trinajstić information content (AvgIpc) is 2.94. The molecule has 0 unspecified atom stereocenters. The number of benzene rings is 1. The number of aliphatic hydroxyl groups excluding tert-OH is 1. The fourth-order valence-electron chi connectivity index (χ4n) is 1.94. The summed E-state index contributed by atoms with van der Waals surface area (Å²) < 4.78 is 5.09. The molecule has 0 saturated heterocycles. The van der Waals surface area contributed by atoms with Crippen molar-refractivity contribution in [3.8, 4) is 10.4 Å². The maximum absolute atomic E-state index is 9.10. The molecule has 1 aromatic heterocycles. The second-order valence-electron chi connectivity index (χ2n) is 4.48. The van der Waals surface area contributed by atoms with Gasteiger partial charge in [-0.2, -0.15) is 0 Å². The van der Waals surface area contributed by atoms with E-state index in [9.17, 15) is 0 Å². The first-order valence-electron chi connectivity index (χ1n) is 6.65. The largest absolute Gasteiger partial charge is 0.395 e. The monoisotopic (exact) mass is 292 g/mol. The van der Waals surface area contributed by atoms with Crippen molar-refractivity contribution in [2.75, 3.05) is 33.4 Å². The Kier molecular flexibility index (Phi) is 6.14. The summed E-state index contributed by atoms with van der Waals surface area (Å²) in [6, 6.07) is 10.3. The van der Waals surface area contributed by atoms with E-state index in [0.717, 1.165) is 18.1 Å². The lowest BCUT2D eigenvalue weighted by atomic mass is 10.2. The minimum atomic E-state index is 0.153. The summed E-state index contributed by atoms with van der Waals surface area (Å²) in [6.45, 7) is 3.01. The van der Waals surface area contributed by atoms with Gasteiger partial charge in [0.05, 0.1) is 24.6 Å². The van der Waals surface area contributed by atoms with Crippen molar-refractivity contribution in [1.82, 2.24) is 9.88 Å². The molecule has 0 spiro atoms. The van der Waals surface area contributed by atoms with Crippen LogP contribution < -0.4 is 0 Å². The van der Waals surface area contributed by atoms with Gasteiger partial charge in [0.2, 0.25) is 0 Å². The molecule has 0 saturated carbocycles. The standard InChI is InChI=1S/C15H20N2O2S/c1-19-10-8-17(7-9-18)12-15-16-11-14(20-15)13-5-3-2-4-6-13/h2-6,11,18H,7-10,12H2,1H3. The van der Waals surface area contributed by atoms with E-state index in [1.165, 1.54) is 10.4 Å². The second-order valence-corrected chi connectivity index (χ2v) is 5.59. The smallest absolute Gasteiger partial charge is 0.107 e. The molecule has 1 heterocycles. The van der Waals surface area contributed by atoms with Crippen molar-refractivity contribution in [3.05, 3.63) is 41.5 Å². The molecular formula is C15H20N2O2S. The first-order chi connectivity index (χ1) is 9.83. The van der Waals surface area contributed by atoms with Crippen LogP contribution in [0.25, 0.3) is 10.4 Å². The van der Waals surface area contributed by atoms with Crippen molar-refractivity contribution >= 4 is 11.3 Å². The molecule has 4 nitrogen and oxygen atoms in total. The predicted molar refractivity (Wildman–Crippen MR) is 81.8 cm³/mol. The van der Waals surface area contributed by atoms with Gasteiger partial charge in [0, 0.05) is 26.4 Å². The van der Waals surface area contributed by atoms with Gasteiger partial charge >= 0.3 is 0 Å². The molecule has 0 radical (unpaired) electrons. The number of hydrogen-bond acceptors (Lipinski definition) is 5. The molecule has 2 rings (SSSR count). The van der Waals surface area contributed by atoms with E-state index in [-0.39, 0.29) is 6.61 Å². The molecule has 1 aromatic carbocycles. The summed E-state index contributed by atoms with van der Waals surface area (Å²) in [7, 11) is 1.69. The molecule has 0 aliphatic rings. The third-order valence-electron chi connectivity index (χ3n) is 3.00. The van der Waals surface area contributed by atoms with E-state index in [0.29, 0.717) is 13.2 Å². The molecule has 0 amide bonds. The van der Waals surface area contributed by atoms with Crippen LogP contribution in [-0.4, -0.2) is 48.4 Å². The molecule has 1 N–H and O–H groups in total. The highest BCUT2D eigenvalue weighted by molar-refractivity contribution is 7.15. The SMILES string of the molecule is COCCN(CCO)Cc1ncc(-c2ccccc2)s1. The lowest BCUT2D eigenvalue weighted by Crippen LogP contribution is -2.29. The number of ether oxygens (including phenoxy) is 1. The molecule has 2 aromatic rings. The Morgan fingerprint density at radius 3 is 2.75 bits per heavy atom. The summed E-state index contributed by atoms with van der Waals surface area (Å²) in [5, 5.41) is 10.2. The summed E-state index contributed by atoms with van der Waals surface area (Å²) >= 11 is 1.70. The third kappa shape index (κ3) is 4.38. The van der Waals surface area contributed by atoms with Crippen LogP contribution >= 0.6 is 11.3 Å². The molecule has 20 heavy (non-hydrogen) atoms. The maximum atomic E-state index is 9.10. The number of thiazole rings is 1. The zero-order chi connectivity index (χ0) is 14.2. The summed E-state index contributed by atoms with van der Waals surface area (Å²) in [5.74, 6) is 0. The van der Waals surface area contributed by atoms with Crippen LogP contribution in [0.1, 0.15) is 5.01 Å². The van der Waals surface area contributed by atoms with Crippen molar-refractivity contribution in [1.29, 1.82) is 0 Å². The molecule has 0 bridgehead atoms. The van der Waals surface area contributed by atoms with E-state index in [2.05, 4.69) is 22.0 Å². The van der Waals surface area contributed by atoms with Gasteiger partial charge in [0.25, 0.3) is 0 Å². The van der Waals surface area contributed by atoms with Crippen LogP contribution in [0.4, 0.5) is 0 Å². The van der Waals surface area contributed by atoms with Crippen LogP contribution in [0, 0.1) is 0 Å². The number of nitrogens with zero attached hydrogens (tertiary/aromatic N) is 2. The van der Waals surface area contributed by atoms with Gasteiger partial charge in [0.1, 0.15) is 5.01 Å². The number of rotatable bonds is 8. The molecular weight excluding hydrogens is 272 g/mol. The lowest BCUT2D eigenvalue weighted by Gasteiger charge is -2.19. The highest BCUT2D eigenvalue weighted by Crippen LogP contribution is 2.26. The fraction of sp³-hybridized carbons (Fsp3) is 0.400. The summed E-state index contributed by atoms with van der Waals surface area (Å²) in [5.41, 5.74) is 1.20. The second kappa shape index (κ2) is 8.11. The van der Waals surface area contributed by atoms with Crippen molar-refractivity contribution in [2.24, 2.45) is 0 Å². The Morgan fingerprint density at radius 2 is 2.05 bits per heavy atom. The number of hydrogen-bond donors (Lipinski definition) is 1. The van der Waals surface area contributed by atoms with Crippen molar-refractivity contribution < 1.29 is 9.84 Å². The number of methoxy groups -OCH3 is 1. The topological polar surface area (TPSA) is 45.6 Å². The van der Waals surface area contributed by atoms with E-state index >= 15 is 0 Å². The van der Waals surface area contributed by atoms with Crippen LogP contribution in [0.5, 0.6) is 0 Å². The van der Waals surface area contributed by atoms with E-state index < -0.39 is 0 Å². The minimum Gasteiger partial charge on any atom is -0.395 e. The van der Waals surface area contributed by atoms with Gasteiger partial charge in [-0.1, -0.05) is 30.3 Å². The van der Waals surface area contributed by atoms with Gasteiger partial charge in [-0.3, -0.25) is 4.90 Å². The zero-order valence-electron chi connectivity index (χ0n) is 11.7. The van der Waals surface area contributed by atoms with Gasteiger partial charge in [-0.05, 0) is 5.56 Å².